The molecule has 120 valence electrons. The van der Waals surface area contributed by atoms with Gasteiger partial charge in [0.1, 0.15) is 6.10 Å². The maximum atomic E-state index is 12.2. The van der Waals surface area contributed by atoms with Crippen LogP contribution in [0.5, 0.6) is 0 Å². The third-order valence-electron chi connectivity index (χ3n) is 4.14. The molecular formula is C14H19N3O4S. The zero-order valence-corrected chi connectivity index (χ0v) is 13.1. The summed E-state index contributed by atoms with van der Waals surface area (Å²) in [5.74, 6) is -0.204. The van der Waals surface area contributed by atoms with Gasteiger partial charge in [0.15, 0.2) is 0 Å². The molecule has 0 aliphatic carbocycles. The molecule has 0 spiro atoms. The van der Waals surface area contributed by atoms with Crippen LogP contribution in [0.4, 0.5) is 5.69 Å². The number of rotatable bonds is 3. The fraction of sp³-hybridized carbons (Fsp3) is 0.571. The first-order valence-electron chi connectivity index (χ1n) is 7.28. The average Bonchev–Trinajstić information content (AvgIpc) is 2.91. The normalized spacial score (nSPS) is 29.0. The number of hydrogen-bond donors (Lipinski definition) is 1. The van der Waals surface area contributed by atoms with Crippen molar-refractivity contribution in [2.24, 2.45) is 0 Å². The molecule has 3 atom stereocenters. The average molecular weight is 325 g/mol. The maximum absolute atomic E-state index is 12.2. The molecule has 0 radical (unpaired) electrons. The van der Waals surface area contributed by atoms with Crippen LogP contribution in [0.3, 0.4) is 0 Å². The summed E-state index contributed by atoms with van der Waals surface area (Å²) in [6, 6.07) is 3.36. The Labute approximate surface area is 129 Å². The molecular weight excluding hydrogens is 306 g/mol. The van der Waals surface area contributed by atoms with Gasteiger partial charge in [-0.3, -0.25) is 9.78 Å². The zero-order chi connectivity index (χ0) is 15.7. The summed E-state index contributed by atoms with van der Waals surface area (Å²) in [4.78, 5) is 16.2. The number of carbonyl (C=O) groups excluding carboxylic acids is 1. The number of aromatic nitrogens is 1. The molecule has 7 nitrogen and oxygen atoms in total. The first-order chi connectivity index (χ1) is 10.4. The number of nitrogens with zero attached hydrogens (tertiary/aromatic N) is 2. The van der Waals surface area contributed by atoms with Crippen molar-refractivity contribution in [3.63, 3.8) is 0 Å². The summed E-state index contributed by atoms with van der Waals surface area (Å²) in [5, 5.41) is 2.77. The van der Waals surface area contributed by atoms with Crippen LogP contribution in [-0.4, -0.2) is 54.7 Å². The van der Waals surface area contributed by atoms with Gasteiger partial charge in [0.25, 0.3) is 5.91 Å². The Hall–Kier alpha value is -1.51. The summed E-state index contributed by atoms with van der Waals surface area (Å²) in [7, 11) is -3.21. The fourth-order valence-corrected chi connectivity index (χ4v) is 4.32. The van der Waals surface area contributed by atoms with Crippen molar-refractivity contribution in [1.29, 1.82) is 0 Å². The number of pyridine rings is 1. The second kappa shape index (κ2) is 5.94. The van der Waals surface area contributed by atoms with Gasteiger partial charge in [0, 0.05) is 12.7 Å². The topological polar surface area (TPSA) is 88.6 Å². The Morgan fingerprint density at radius 3 is 2.91 bits per heavy atom. The highest BCUT2D eigenvalue weighted by Crippen LogP contribution is 2.33. The van der Waals surface area contributed by atoms with Gasteiger partial charge in [0.2, 0.25) is 10.0 Å². The molecule has 2 saturated heterocycles. The van der Waals surface area contributed by atoms with Crippen LogP contribution in [0.1, 0.15) is 19.3 Å². The van der Waals surface area contributed by atoms with E-state index < -0.39 is 16.1 Å². The van der Waals surface area contributed by atoms with Crippen LogP contribution in [-0.2, 0) is 19.6 Å². The number of amides is 1. The lowest BCUT2D eigenvalue weighted by Crippen LogP contribution is -2.47. The van der Waals surface area contributed by atoms with E-state index in [0.717, 1.165) is 0 Å². The van der Waals surface area contributed by atoms with Gasteiger partial charge in [-0.15, -0.1) is 0 Å². The maximum Gasteiger partial charge on any atom is 0.253 e. The van der Waals surface area contributed by atoms with E-state index in [-0.39, 0.29) is 18.1 Å². The quantitative estimate of drug-likeness (QED) is 0.879. The van der Waals surface area contributed by atoms with E-state index in [1.54, 1.807) is 24.5 Å². The lowest BCUT2D eigenvalue weighted by Gasteiger charge is -2.34. The van der Waals surface area contributed by atoms with Crippen molar-refractivity contribution in [3.8, 4) is 0 Å². The molecule has 1 aromatic heterocycles. The first kappa shape index (κ1) is 15.4. The molecule has 8 heteroatoms. The van der Waals surface area contributed by atoms with Gasteiger partial charge in [-0.05, 0) is 31.4 Å². The standard InChI is InChI=1S/C14H19N3O4S/c1-22(19,20)17-8-6-12-11(17)4-5-13(21-12)14(18)16-10-3-2-7-15-9-10/h2-3,7,9,11-13H,4-6,8H2,1H3,(H,16,18)/t11-,12-,13+/m0/s1. The molecule has 2 fully saturated rings. The highest BCUT2D eigenvalue weighted by Gasteiger charge is 2.44. The first-order valence-corrected chi connectivity index (χ1v) is 9.13. The van der Waals surface area contributed by atoms with Crippen LogP contribution >= 0.6 is 0 Å². The van der Waals surface area contributed by atoms with Crippen molar-refractivity contribution < 1.29 is 17.9 Å². The van der Waals surface area contributed by atoms with Crippen molar-refractivity contribution in [1.82, 2.24) is 9.29 Å². The van der Waals surface area contributed by atoms with Crippen molar-refractivity contribution in [3.05, 3.63) is 24.5 Å². The Balaban J connectivity index is 1.62. The second-order valence-electron chi connectivity index (χ2n) is 5.70. The van der Waals surface area contributed by atoms with Gasteiger partial charge in [0.05, 0.1) is 30.3 Å². The minimum Gasteiger partial charge on any atom is -0.363 e. The molecule has 0 bridgehead atoms. The van der Waals surface area contributed by atoms with Gasteiger partial charge in [-0.1, -0.05) is 0 Å². The Morgan fingerprint density at radius 2 is 2.23 bits per heavy atom. The van der Waals surface area contributed by atoms with E-state index in [0.29, 0.717) is 31.5 Å². The SMILES string of the molecule is CS(=O)(=O)N1CC[C@@H]2O[C@@H](C(=O)Nc3cccnc3)CC[C@@H]21. The van der Waals surface area contributed by atoms with E-state index in [2.05, 4.69) is 10.3 Å². The van der Waals surface area contributed by atoms with Gasteiger partial charge in [-0.2, -0.15) is 4.31 Å². The van der Waals surface area contributed by atoms with Crippen molar-refractivity contribution >= 4 is 21.6 Å². The monoisotopic (exact) mass is 325 g/mol. The number of sulfonamides is 1. The van der Waals surface area contributed by atoms with Crippen molar-refractivity contribution in [2.45, 2.75) is 37.5 Å². The predicted octanol–water partition coefficient (Wildman–Crippen LogP) is 0.602. The van der Waals surface area contributed by atoms with E-state index in [1.807, 2.05) is 0 Å². The molecule has 1 amide bonds. The van der Waals surface area contributed by atoms with E-state index >= 15 is 0 Å². The summed E-state index contributed by atoms with van der Waals surface area (Å²) in [6.07, 6.45) is 5.47. The van der Waals surface area contributed by atoms with Crippen LogP contribution in [0.15, 0.2) is 24.5 Å². The molecule has 2 aliphatic rings. The summed E-state index contributed by atoms with van der Waals surface area (Å²) in [6.45, 7) is 0.463. The number of anilines is 1. The van der Waals surface area contributed by atoms with E-state index in [1.165, 1.54) is 10.6 Å². The molecule has 22 heavy (non-hydrogen) atoms. The van der Waals surface area contributed by atoms with Crippen LogP contribution in [0.2, 0.25) is 0 Å². The smallest absolute Gasteiger partial charge is 0.253 e. The number of hydrogen-bond acceptors (Lipinski definition) is 5. The zero-order valence-electron chi connectivity index (χ0n) is 12.3. The van der Waals surface area contributed by atoms with Crippen LogP contribution < -0.4 is 5.32 Å². The van der Waals surface area contributed by atoms with Gasteiger partial charge in [-0.25, -0.2) is 8.42 Å². The summed E-state index contributed by atoms with van der Waals surface area (Å²) < 4.78 is 30.8. The van der Waals surface area contributed by atoms with Crippen LogP contribution in [0.25, 0.3) is 0 Å². The predicted molar refractivity (Wildman–Crippen MR) is 80.7 cm³/mol. The number of ether oxygens (including phenoxy) is 1. The minimum atomic E-state index is -3.21. The molecule has 0 aromatic carbocycles. The molecule has 3 heterocycles. The summed E-state index contributed by atoms with van der Waals surface area (Å²) >= 11 is 0. The Morgan fingerprint density at radius 1 is 1.41 bits per heavy atom. The third-order valence-corrected chi connectivity index (χ3v) is 5.45. The molecule has 0 unspecified atom stereocenters. The molecule has 3 rings (SSSR count). The molecule has 2 aliphatic heterocycles. The van der Waals surface area contributed by atoms with E-state index in [9.17, 15) is 13.2 Å². The van der Waals surface area contributed by atoms with Gasteiger partial charge >= 0.3 is 0 Å². The Kier molecular flexibility index (Phi) is 4.16. The highest BCUT2D eigenvalue weighted by molar-refractivity contribution is 7.88. The second-order valence-corrected chi connectivity index (χ2v) is 7.64. The molecule has 0 saturated carbocycles. The minimum absolute atomic E-state index is 0.141. The fourth-order valence-electron chi connectivity index (χ4n) is 3.15. The molecule has 1 aromatic rings. The molecule has 1 N–H and O–H groups in total. The lowest BCUT2D eigenvalue weighted by atomic mass is 9.99. The number of fused-ring (bicyclic) bond motifs is 1. The number of carbonyl (C=O) groups is 1. The van der Waals surface area contributed by atoms with E-state index in [4.69, 9.17) is 4.74 Å². The van der Waals surface area contributed by atoms with Crippen molar-refractivity contribution in [2.75, 3.05) is 18.1 Å². The Bertz CT molecular complexity index is 649. The lowest BCUT2D eigenvalue weighted by molar-refractivity contribution is -0.137. The largest absolute Gasteiger partial charge is 0.363 e. The number of nitrogens with one attached hydrogen (secondary N) is 1. The van der Waals surface area contributed by atoms with Gasteiger partial charge < -0.3 is 10.1 Å². The summed E-state index contributed by atoms with van der Waals surface area (Å²) in [5.41, 5.74) is 0.627. The van der Waals surface area contributed by atoms with Crippen LogP contribution in [0, 0.1) is 0 Å². The highest BCUT2D eigenvalue weighted by atomic mass is 32.2. The third kappa shape index (κ3) is 3.13.